The van der Waals surface area contributed by atoms with E-state index in [9.17, 15) is 5.11 Å². The number of rotatable bonds is 1. The molecule has 0 amide bonds. The predicted molar refractivity (Wildman–Crippen MR) is 58.4 cm³/mol. The highest BCUT2D eigenvalue weighted by molar-refractivity contribution is 9.10. The molecule has 0 saturated carbocycles. The maximum absolute atomic E-state index is 9.51. The van der Waals surface area contributed by atoms with E-state index in [2.05, 4.69) is 21.2 Å². The van der Waals surface area contributed by atoms with Crippen molar-refractivity contribution < 1.29 is 5.11 Å². The smallest absolute Gasteiger partial charge is 0.120 e. The van der Waals surface area contributed by atoms with Crippen LogP contribution in [0.25, 0.3) is 0 Å². The first-order valence-corrected chi connectivity index (χ1v) is 4.78. The van der Waals surface area contributed by atoms with E-state index < -0.39 is 0 Å². The minimum Gasteiger partial charge on any atom is -0.508 e. The predicted octanol–water partition coefficient (Wildman–Crippen LogP) is 2.61. The molecule has 1 aromatic rings. The fourth-order valence-corrected chi connectivity index (χ4v) is 1.74. The third-order valence-corrected chi connectivity index (χ3v) is 2.68. The molecular formula is C9H11BrClNO. The van der Waals surface area contributed by atoms with Crippen LogP contribution in [0.4, 0.5) is 0 Å². The molecule has 2 rings (SSSR count). The number of phenolic OH excluding ortho intramolecular Hbond substituents is 1. The summed E-state index contributed by atoms with van der Waals surface area (Å²) in [5.41, 5.74) is 0.996. The lowest BCUT2D eigenvalue weighted by molar-refractivity contribution is 0.364. The minimum absolute atomic E-state index is 0. The number of hydrogen-bond donors (Lipinski definition) is 2. The van der Waals surface area contributed by atoms with Crippen LogP contribution in [0.2, 0.25) is 0 Å². The summed E-state index contributed by atoms with van der Waals surface area (Å²) >= 11 is 3.38. The topological polar surface area (TPSA) is 32.3 Å². The Labute approximate surface area is 91.9 Å². The number of aromatic hydroxyl groups is 1. The van der Waals surface area contributed by atoms with Gasteiger partial charge in [-0.05, 0) is 31.2 Å². The van der Waals surface area contributed by atoms with Crippen molar-refractivity contribution in [3.05, 3.63) is 28.2 Å². The van der Waals surface area contributed by atoms with Gasteiger partial charge >= 0.3 is 0 Å². The van der Waals surface area contributed by atoms with Gasteiger partial charge in [0, 0.05) is 16.1 Å². The van der Waals surface area contributed by atoms with E-state index in [0.29, 0.717) is 11.8 Å². The van der Waals surface area contributed by atoms with E-state index in [1.54, 1.807) is 6.07 Å². The molecule has 4 heteroatoms. The zero-order valence-corrected chi connectivity index (χ0v) is 9.36. The summed E-state index contributed by atoms with van der Waals surface area (Å²) in [6, 6.07) is 5.88. The third kappa shape index (κ3) is 2.16. The highest BCUT2D eigenvalue weighted by Crippen LogP contribution is 2.32. The average Bonchev–Trinajstić information content (AvgIpc) is 1.93. The van der Waals surface area contributed by atoms with Crippen molar-refractivity contribution in [2.75, 3.05) is 6.54 Å². The van der Waals surface area contributed by atoms with Crippen LogP contribution >= 0.6 is 28.3 Å². The molecule has 1 atom stereocenters. The Balaban J connectivity index is 0.000000845. The standard InChI is InChI=1S/C9H10BrNO.ClH/c10-6-1-2-9(12)7(5-6)8-3-4-11-8;/h1-2,5,8,11-12H,3-4H2;1H/t8-;/m1./s1. The molecule has 1 heterocycles. The second-order valence-electron chi connectivity index (χ2n) is 3.00. The van der Waals surface area contributed by atoms with Crippen molar-refractivity contribution >= 4 is 28.3 Å². The summed E-state index contributed by atoms with van der Waals surface area (Å²) in [5, 5.41) is 12.8. The number of nitrogens with one attached hydrogen (secondary N) is 1. The molecule has 1 saturated heterocycles. The highest BCUT2D eigenvalue weighted by Gasteiger charge is 2.21. The zero-order valence-electron chi connectivity index (χ0n) is 6.96. The van der Waals surface area contributed by atoms with Gasteiger partial charge in [0.1, 0.15) is 5.75 Å². The van der Waals surface area contributed by atoms with Gasteiger partial charge in [0.2, 0.25) is 0 Å². The largest absolute Gasteiger partial charge is 0.508 e. The van der Waals surface area contributed by atoms with Gasteiger partial charge in [0.05, 0.1) is 0 Å². The first-order chi connectivity index (χ1) is 5.77. The molecule has 0 aliphatic carbocycles. The van der Waals surface area contributed by atoms with Gasteiger partial charge in [0.15, 0.2) is 0 Å². The molecule has 1 aromatic carbocycles. The van der Waals surface area contributed by atoms with Crippen molar-refractivity contribution in [1.82, 2.24) is 5.32 Å². The number of halogens is 2. The lowest BCUT2D eigenvalue weighted by Crippen LogP contribution is -2.34. The van der Waals surface area contributed by atoms with E-state index in [4.69, 9.17) is 0 Å². The van der Waals surface area contributed by atoms with Crippen LogP contribution in [0.5, 0.6) is 5.75 Å². The van der Waals surface area contributed by atoms with Crippen LogP contribution in [0.15, 0.2) is 22.7 Å². The molecule has 0 spiro atoms. The Hall–Kier alpha value is -0.250. The molecule has 2 N–H and O–H groups in total. The first-order valence-electron chi connectivity index (χ1n) is 3.99. The van der Waals surface area contributed by atoms with Crippen LogP contribution in [0.3, 0.4) is 0 Å². The number of benzene rings is 1. The molecule has 13 heavy (non-hydrogen) atoms. The molecule has 1 aliphatic rings. The summed E-state index contributed by atoms with van der Waals surface area (Å²) in [4.78, 5) is 0. The Kier molecular flexibility index (Phi) is 3.59. The SMILES string of the molecule is Cl.Oc1ccc(Br)cc1[C@H]1CCN1. The number of hydrogen-bond acceptors (Lipinski definition) is 2. The summed E-state index contributed by atoms with van der Waals surface area (Å²) in [6.07, 6.45) is 1.12. The van der Waals surface area contributed by atoms with Crippen molar-refractivity contribution in [2.24, 2.45) is 0 Å². The zero-order chi connectivity index (χ0) is 8.55. The Bertz CT molecular complexity index is 302. The summed E-state index contributed by atoms with van der Waals surface area (Å²) in [5.74, 6) is 0.385. The molecule has 2 nitrogen and oxygen atoms in total. The fraction of sp³-hybridized carbons (Fsp3) is 0.333. The molecule has 0 unspecified atom stereocenters. The van der Waals surface area contributed by atoms with Crippen molar-refractivity contribution in [2.45, 2.75) is 12.5 Å². The second-order valence-corrected chi connectivity index (χ2v) is 3.91. The van der Waals surface area contributed by atoms with Gasteiger partial charge in [-0.2, -0.15) is 0 Å². The first kappa shape index (κ1) is 10.8. The van der Waals surface area contributed by atoms with E-state index in [0.717, 1.165) is 23.0 Å². The van der Waals surface area contributed by atoms with Crippen molar-refractivity contribution in [3.8, 4) is 5.75 Å². The lowest BCUT2D eigenvalue weighted by atomic mass is 9.97. The fourth-order valence-electron chi connectivity index (χ4n) is 1.36. The molecule has 0 bridgehead atoms. The summed E-state index contributed by atoms with van der Waals surface area (Å²) < 4.78 is 1.02. The van der Waals surface area contributed by atoms with Gasteiger partial charge in [-0.3, -0.25) is 0 Å². The van der Waals surface area contributed by atoms with E-state index >= 15 is 0 Å². The summed E-state index contributed by atoms with van der Waals surface area (Å²) in [6.45, 7) is 1.05. The Morgan fingerprint density at radius 1 is 1.46 bits per heavy atom. The molecule has 72 valence electrons. The highest BCUT2D eigenvalue weighted by atomic mass is 79.9. The molecule has 0 aromatic heterocycles. The maximum atomic E-state index is 9.51. The van der Waals surface area contributed by atoms with Crippen LogP contribution in [-0.4, -0.2) is 11.7 Å². The summed E-state index contributed by atoms with van der Waals surface area (Å²) in [7, 11) is 0. The number of phenols is 1. The van der Waals surface area contributed by atoms with E-state index in [1.165, 1.54) is 0 Å². The monoisotopic (exact) mass is 263 g/mol. The Morgan fingerprint density at radius 2 is 2.15 bits per heavy atom. The maximum Gasteiger partial charge on any atom is 0.120 e. The normalized spacial score (nSPS) is 20.2. The van der Waals surface area contributed by atoms with Gasteiger partial charge in [0.25, 0.3) is 0 Å². The molecule has 1 aliphatic heterocycles. The quantitative estimate of drug-likeness (QED) is 0.817. The van der Waals surface area contributed by atoms with Crippen LogP contribution in [-0.2, 0) is 0 Å². The van der Waals surface area contributed by atoms with E-state index in [-0.39, 0.29) is 12.4 Å². The van der Waals surface area contributed by atoms with Gasteiger partial charge in [-0.1, -0.05) is 15.9 Å². The average molecular weight is 265 g/mol. The molecule has 0 radical (unpaired) electrons. The van der Waals surface area contributed by atoms with Gasteiger partial charge in [-0.15, -0.1) is 12.4 Å². The second kappa shape index (κ2) is 4.31. The van der Waals surface area contributed by atoms with Crippen LogP contribution in [0, 0.1) is 0 Å². The third-order valence-electron chi connectivity index (χ3n) is 2.19. The van der Waals surface area contributed by atoms with Gasteiger partial charge in [-0.25, -0.2) is 0 Å². The molecular weight excluding hydrogens is 253 g/mol. The minimum atomic E-state index is 0. The molecule has 1 fully saturated rings. The lowest BCUT2D eigenvalue weighted by Gasteiger charge is -2.28. The Morgan fingerprint density at radius 3 is 2.69 bits per heavy atom. The van der Waals surface area contributed by atoms with E-state index in [1.807, 2.05) is 12.1 Å². The van der Waals surface area contributed by atoms with Crippen LogP contribution in [0.1, 0.15) is 18.0 Å². The van der Waals surface area contributed by atoms with Gasteiger partial charge < -0.3 is 10.4 Å². The van der Waals surface area contributed by atoms with Crippen LogP contribution < -0.4 is 5.32 Å². The van der Waals surface area contributed by atoms with Crippen molar-refractivity contribution in [1.29, 1.82) is 0 Å². The van der Waals surface area contributed by atoms with Crippen molar-refractivity contribution in [3.63, 3.8) is 0 Å².